The minimum Gasteiger partial charge on any atom is -0.450 e. The summed E-state index contributed by atoms with van der Waals surface area (Å²) in [5.74, 6) is -0.330. The molecule has 0 saturated heterocycles. The molecular weight excluding hydrogens is 302 g/mol. The summed E-state index contributed by atoms with van der Waals surface area (Å²) in [6, 6.07) is 7.98. The zero-order chi connectivity index (χ0) is 15.9. The SMILES string of the molecule is CCOC(=O)NC(=O)CSc1nccn1-c1cccc(C)c1. The van der Waals surface area contributed by atoms with Crippen LogP contribution < -0.4 is 5.32 Å². The molecule has 6 nitrogen and oxygen atoms in total. The Morgan fingerprint density at radius 2 is 2.23 bits per heavy atom. The summed E-state index contributed by atoms with van der Waals surface area (Å²) in [6.45, 7) is 3.92. The molecule has 116 valence electrons. The minimum atomic E-state index is -0.727. The van der Waals surface area contributed by atoms with Crippen molar-refractivity contribution >= 4 is 23.8 Å². The van der Waals surface area contributed by atoms with Crippen LogP contribution in [-0.2, 0) is 9.53 Å². The van der Waals surface area contributed by atoms with Gasteiger partial charge in [-0.25, -0.2) is 9.78 Å². The Balaban J connectivity index is 1.99. The summed E-state index contributed by atoms with van der Waals surface area (Å²) in [4.78, 5) is 27.1. The van der Waals surface area contributed by atoms with Gasteiger partial charge < -0.3 is 4.74 Å². The van der Waals surface area contributed by atoms with Crippen molar-refractivity contribution in [2.45, 2.75) is 19.0 Å². The van der Waals surface area contributed by atoms with Crippen molar-refractivity contribution in [3.63, 3.8) is 0 Å². The Labute approximate surface area is 132 Å². The van der Waals surface area contributed by atoms with Crippen molar-refractivity contribution in [2.75, 3.05) is 12.4 Å². The maximum atomic E-state index is 11.7. The highest BCUT2D eigenvalue weighted by Gasteiger charge is 2.12. The molecular formula is C15H17N3O3S. The van der Waals surface area contributed by atoms with E-state index >= 15 is 0 Å². The molecule has 2 aromatic rings. The number of amides is 2. The first-order valence-corrected chi connectivity index (χ1v) is 7.78. The monoisotopic (exact) mass is 319 g/mol. The molecule has 1 N–H and O–H groups in total. The molecule has 0 aliphatic carbocycles. The first-order valence-electron chi connectivity index (χ1n) is 6.80. The van der Waals surface area contributed by atoms with Crippen molar-refractivity contribution in [1.29, 1.82) is 0 Å². The van der Waals surface area contributed by atoms with Crippen LogP contribution in [0.15, 0.2) is 41.8 Å². The lowest BCUT2D eigenvalue weighted by Gasteiger charge is -2.08. The number of nitrogens with zero attached hydrogens (tertiary/aromatic N) is 2. The van der Waals surface area contributed by atoms with Gasteiger partial charge in [-0.1, -0.05) is 23.9 Å². The van der Waals surface area contributed by atoms with E-state index in [1.54, 1.807) is 13.1 Å². The van der Waals surface area contributed by atoms with Gasteiger partial charge >= 0.3 is 6.09 Å². The quantitative estimate of drug-likeness (QED) is 0.857. The average Bonchev–Trinajstić information content (AvgIpc) is 2.93. The van der Waals surface area contributed by atoms with E-state index < -0.39 is 12.0 Å². The van der Waals surface area contributed by atoms with E-state index in [1.807, 2.05) is 42.0 Å². The largest absolute Gasteiger partial charge is 0.450 e. The maximum absolute atomic E-state index is 11.7. The standard InChI is InChI=1S/C15H17N3O3S/c1-3-21-15(20)17-13(19)10-22-14-16-7-8-18(14)12-6-4-5-11(2)9-12/h4-9H,3,10H2,1-2H3,(H,17,19,20). The van der Waals surface area contributed by atoms with Gasteiger partial charge in [-0.05, 0) is 31.5 Å². The molecule has 0 atom stereocenters. The number of imidazole rings is 1. The summed E-state index contributed by atoms with van der Waals surface area (Å²) >= 11 is 1.25. The van der Waals surface area contributed by atoms with Crippen molar-refractivity contribution in [2.24, 2.45) is 0 Å². The summed E-state index contributed by atoms with van der Waals surface area (Å²) in [5.41, 5.74) is 2.12. The smallest absolute Gasteiger partial charge is 0.413 e. The van der Waals surface area contributed by atoms with E-state index in [0.717, 1.165) is 11.3 Å². The van der Waals surface area contributed by atoms with Gasteiger partial charge in [0.05, 0.1) is 12.4 Å². The average molecular weight is 319 g/mol. The van der Waals surface area contributed by atoms with Gasteiger partial charge in [-0.3, -0.25) is 14.7 Å². The van der Waals surface area contributed by atoms with Crippen LogP contribution in [0.1, 0.15) is 12.5 Å². The highest BCUT2D eigenvalue weighted by atomic mass is 32.2. The van der Waals surface area contributed by atoms with Crippen LogP contribution in [0, 0.1) is 6.92 Å². The van der Waals surface area contributed by atoms with Crippen LogP contribution in [0.25, 0.3) is 5.69 Å². The summed E-state index contributed by atoms with van der Waals surface area (Å²) < 4.78 is 6.55. The molecule has 0 aliphatic heterocycles. The second-order valence-electron chi connectivity index (χ2n) is 4.48. The fourth-order valence-corrected chi connectivity index (χ4v) is 2.59. The number of benzene rings is 1. The van der Waals surface area contributed by atoms with Crippen LogP contribution in [-0.4, -0.2) is 33.9 Å². The summed E-state index contributed by atoms with van der Waals surface area (Å²) in [6.07, 6.45) is 2.78. The van der Waals surface area contributed by atoms with E-state index in [4.69, 9.17) is 0 Å². The highest BCUT2D eigenvalue weighted by Crippen LogP contribution is 2.20. The first kappa shape index (κ1) is 16.1. The molecule has 2 amide bonds. The van der Waals surface area contributed by atoms with Crippen LogP contribution in [0.2, 0.25) is 0 Å². The molecule has 1 heterocycles. The van der Waals surface area contributed by atoms with Crippen molar-refractivity contribution in [3.8, 4) is 5.69 Å². The Hall–Kier alpha value is -2.28. The van der Waals surface area contributed by atoms with Crippen LogP contribution in [0.3, 0.4) is 0 Å². The van der Waals surface area contributed by atoms with Gasteiger partial charge in [0.25, 0.3) is 0 Å². The predicted octanol–water partition coefficient (Wildman–Crippen LogP) is 2.55. The number of aryl methyl sites for hydroxylation is 1. The molecule has 22 heavy (non-hydrogen) atoms. The molecule has 0 spiro atoms. The fraction of sp³-hybridized carbons (Fsp3) is 0.267. The molecule has 1 aromatic heterocycles. The van der Waals surface area contributed by atoms with Crippen molar-refractivity contribution < 1.29 is 14.3 Å². The molecule has 0 saturated carbocycles. The van der Waals surface area contributed by atoms with Crippen molar-refractivity contribution in [3.05, 3.63) is 42.2 Å². The molecule has 0 bridgehead atoms. The lowest BCUT2D eigenvalue weighted by molar-refractivity contribution is -0.117. The van der Waals surface area contributed by atoms with Gasteiger partial charge in [0, 0.05) is 18.1 Å². The number of alkyl carbamates (subject to hydrolysis) is 1. The van der Waals surface area contributed by atoms with E-state index in [9.17, 15) is 9.59 Å². The second kappa shape index (κ2) is 7.65. The van der Waals surface area contributed by atoms with E-state index in [1.165, 1.54) is 11.8 Å². The molecule has 0 unspecified atom stereocenters. The van der Waals surface area contributed by atoms with E-state index in [2.05, 4.69) is 15.0 Å². The molecule has 0 radical (unpaired) electrons. The predicted molar refractivity (Wildman–Crippen MR) is 84.2 cm³/mol. The van der Waals surface area contributed by atoms with Gasteiger partial charge in [0.15, 0.2) is 5.16 Å². The number of imide groups is 1. The van der Waals surface area contributed by atoms with Crippen LogP contribution in [0.4, 0.5) is 4.79 Å². The number of carbonyl (C=O) groups excluding carboxylic acids is 2. The fourth-order valence-electron chi connectivity index (χ4n) is 1.82. The maximum Gasteiger partial charge on any atom is 0.413 e. The number of ether oxygens (including phenoxy) is 1. The Bertz CT molecular complexity index is 670. The van der Waals surface area contributed by atoms with Gasteiger partial charge in [-0.2, -0.15) is 0 Å². The second-order valence-corrected chi connectivity index (χ2v) is 5.42. The van der Waals surface area contributed by atoms with Gasteiger partial charge in [0.1, 0.15) is 0 Å². The van der Waals surface area contributed by atoms with Crippen LogP contribution in [0.5, 0.6) is 0 Å². The van der Waals surface area contributed by atoms with Gasteiger partial charge in [0.2, 0.25) is 5.91 Å². The zero-order valence-electron chi connectivity index (χ0n) is 12.4. The third-order valence-corrected chi connectivity index (χ3v) is 3.70. The number of hydrogen-bond acceptors (Lipinski definition) is 5. The van der Waals surface area contributed by atoms with E-state index in [-0.39, 0.29) is 12.4 Å². The lowest BCUT2D eigenvalue weighted by atomic mass is 10.2. The first-order chi connectivity index (χ1) is 10.6. The minimum absolute atomic E-state index is 0.0850. The van der Waals surface area contributed by atoms with Crippen molar-refractivity contribution in [1.82, 2.24) is 14.9 Å². The number of aromatic nitrogens is 2. The third-order valence-electron chi connectivity index (χ3n) is 2.74. The number of rotatable bonds is 5. The normalized spacial score (nSPS) is 10.3. The van der Waals surface area contributed by atoms with Crippen LogP contribution >= 0.6 is 11.8 Å². The molecule has 7 heteroatoms. The Kier molecular flexibility index (Phi) is 5.60. The lowest BCUT2D eigenvalue weighted by Crippen LogP contribution is -2.32. The van der Waals surface area contributed by atoms with E-state index in [0.29, 0.717) is 5.16 Å². The summed E-state index contributed by atoms with van der Waals surface area (Å²) in [5, 5.41) is 2.84. The third kappa shape index (κ3) is 4.36. The Morgan fingerprint density at radius 3 is 2.95 bits per heavy atom. The molecule has 0 fully saturated rings. The zero-order valence-corrected chi connectivity index (χ0v) is 13.2. The van der Waals surface area contributed by atoms with Gasteiger partial charge in [-0.15, -0.1) is 0 Å². The Morgan fingerprint density at radius 1 is 1.41 bits per heavy atom. The molecule has 2 rings (SSSR count). The molecule has 0 aliphatic rings. The molecule has 1 aromatic carbocycles. The number of nitrogens with one attached hydrogen (secondary N) is 1. The number of hydrogen-bond donors (Lipinski definition) is 1. The number of thioether (sulfide) groups is 1. The topological polar surface area (TPSA) is 73.2 Å². The highest BCUT2D eigenvalue weighted by molar-refractivity contribution is 7.99. The number of carbonyl (C=O) groups is 2. The summed E-state index contributed by atoms with van der Waals surface area (Å²) in [7, 11) is 0.